The molecule has 0 saturated carbocycles. The van der Waals surface area contributed by atoms with Gasteiger partial charge >= 0.3 is 0 Å². The molecular weight excluding hydrogens is 234 g/mol. The lowest BCUT2D eigenvalue weighted by molar-refractivity contribution is 0.273. The molecule has 3 heteroatoms. The Balaban J connectivity index is 2.05. The molecule has 1 aliphatic heterocycles. The molecule has 1 aliphatic rings. The van der Waals surface area contributed by atoms with Gasteiger partial charge < -0.3 is 0 Å². The maximum Gasteiger partial charge on any atom is 0.0245 e. The van der Waals surface area contributed by atoms with E-state index in [2.05, 4.69) is 32.3 Å². The van der Waals surface area contributed by atoms with E-state index in [1.54, 1.807) is 10.4 Å². The van der Waals surface area contributed by atoms with E-state index in [9.17, 15) is 0 Å². The van der Waals surface area contributed by atoms with Crippen molar-refractivity contribution in [3.8, 4) is 0 Å². The summed E-state index contributed by atoms with van der Waals surface area (Å²) in [5.41, 5.74) is 1.55. The molecule has 0 aromatic carbocycles. The van der Waals surface area contributed by atoms with Gasteiger partial charge in [-0.1, -0.05) is 15.9 Å². The standard InChI is InChI=1S/C9H12BrNS/c10-3-5-11-4-1-9-8(7-11)2-6-12-9/h2,6H,1,3-5,7H2. The molecule has 2 heterocycles. The van der Waals surface area contributed by atoms with Crippen LogP contribution in [0, 0.1) is 0 Å². The lowest BCUT2D eigenvalue weighted by Gasteiger charge is -2.25. The molecule has 2 rings (SSSR count). The summed E-state index contributed by atoms with van der Waals surface area (Å²) in [5.74, 6) is 0. The first kappa shape index (κ1) is 8.73. The Hall–Kier alpha value is 0.140. The molecule has 0 atom stereocenters. The van der Waals surface area contributed by atoms with Crippen LogP contribution in [-0.2, 0) is 13.0 Å². The van der Waals surface area contributed by atoms with Crippen molar-refractivity contribution in [1.29, 1.82) is 0 Å². The van der Waals surface area contributed by atoms with E-state index in [4.69, 9.17) is 0 Å². The van der Waals surface area contributed by atoms with Crippen LogP contribution >= 0.6 is 27.3 Å². The number of halogens is 1. The molecule has 0 saturated heterocycles. The lowest BCUT2D eigenvalue weighted by atomic mass is 10.1. The minimum absolute atomic E-state index is 1.09. The summed E-state index contributed by atoms with van der Waals surface area (Å²) >= 11 is 5.38. The molecule has 0 bridgehead atoms. The Morgan fingerprint density at radius 3 is 3.33 bits per heavy atom. The molecule has 0 aliphatic carbocycles. The molecule has 0 fully saturated rings. The fraction of sp³-hybridized carbons (Fsp3) is 0.556. The van der Waals surface area contributed by atoms with Crippen LogP contribution in [0.2, 0.25) is 0 Å². The van der Waals surface area contributed by atoms with E-state index in [1.165, 1.54) is 19.5 Å². The Morgan fingerprint density at radius 2 is 2.50 bits per heavy atom. The summed E-state index contributed by atoms with van der Waals surface area (Å²) in [7, 11) is 0. The van der Waals surface area contributed by atoms with Crippen LogP contribution in [0.4, 0.5) is 0 Å². The third kappa shape index (κ3) is 1.73. The minimum atomic E-state index is 1.09. The highest BCUT2D eigenvalue weighted by molar-refractivity contribution is 9.09. The highest BCUT2D eigenvalue weighted by Gasteiger charge is 2.15. The summed E-state index contributed by atoms with van der Waals surface area (Å²) < 4.78 is 0. The van der Waals surface area contributed by atoms with E-state index in [-0.39, 0.29) is 0 Å². The third-order valence-corrected chi connectivity index (χ3v) is 3.67. The molecule has 0 unspecified atom stereocenters. The summed E-state index contributed by atoms with van der Waals surface area (Å²) in [6.07, 6.45) is 1.25. The first-order chi connectivity index (χ1) is 5.90. The number of alkyl halides is 1. The van der Waals surface area contributed by atoms with E-state index < -0.39 is 0 Å². The second-order valence-electron chi connectivity index (χ2n) is 3.08. The highest BCUT2D eigenvalue weighted by atomic mass is 79.9. The van der Waals surface area contributed by atoms with E-state index in [1.807, 2.05) is 11.3 Å². The average molecular weight is 246 g/mol. The Bertz CT molecular complexity index is 259. The van der Waals surface area contributed by atoms with Gasteiger partial charge in [0.15, 0.2) is 0 Å². The molecule has 0 spiro atoms. The van der Waals surface area contributed by atoms with Crippen molar-refractivity contribution in [2.24, 2.45) is 0 Å². The third-order valence-electron chi connectivity index (χ3n) is 2.29. The zero-order valence-corrected chi connectivity index (χ0v) is 9.33. The smallest absolute Gasteiger partial charge is 0.0245 e. The molecule has 0 radical (unpaired) electrons. The highest BCUT2D eigenvalue weighted by Crippen LogP contribution is 2.23. The molecule has 0 N–H and O–H groups in total. The second-order valence-corrected chi connectivity index (χ2v) is 4.88. The van der Waals surface area contributed by atoms with E-state index in [0.29, 0.717) is 0 Å². The number of hydrogen-bond acceptors (Lipinski definition) is 2. The van der Waals surface area contributed by atoms with Gasteiger partial charge in [-0.15, -0.1) is 11.3 Å². The van der Waals surface area contributed by atoms with E-state index in [0.717, 1.165) is 11.9 Å². The van der Waals surface area contributed by atoms with Crippen molar-refractivity contribution in [3.05, 3.63) is 21.9 Å². The van der Waals surface area contributed by atoms with Gasteiger partial charge in [-0.2, -0.15) is 0 Å². The Morgan fingerprint density at radius 1 is 1.58 bits per heavy atom. The van der Waals surface area contributed by atoms with Gasteiger partial charge in [0.2, 0.25) is 0 Å². The molecule has 0 amide bonds. The van der Waals surface area contributed by atoms with E-state index >= 15 is 0 Å². The fourth-order valence-electron chi connectivity index (χ4n) is 1.62. The average Bonchev–Trinajstić information content (AvgIpc) is 2.51. The maximum absolute atomic E-state index is 3.48. The van der Waals surface area contributed by atoms with Gasteiger partial charge in [-0.3, -0.25) is 4.90 Å². The van der Waals surface area contributed by atoms with Crippen molar-refractivity contribution in [3.63, 3.8) is 0 Å². The first-order valence-corrected chi connectivity index (χ1v) is 6.24. The summed E-state index contributed by atoms with van der Waals surface area (Å²) in [6, 6.07) is 2.26. The molecule has 1 aromatic rings. The van der Waals surface area contributed by atoms with Crippen LogP contribution < -0.4 is 0 Å². The van der Waals surface area contributed by atoms with Crippen molar-refractivity contribution in [1.82, 2.24) is 4.90 Å². The molecule has 12 heavy (non-hydrogen) atoms. The Labute approximate surface area is 85.5 Å². The van der Waals surface area contributed by atoms with Crippen molar-refractivity contribution >= 4 is 27.3 Å². The number of rotatable bonds is 2. The summed E-state index contributed by atoms with van der Waals surface area (Å²) in [6.45, 7) is 3.57. The first-order valence-electron chi connectivity index (χ1n) is 4.23. The monoisotopic (exact) mass is 245 g/mol. The maximum atomic E-state index is 3.48. The van der Waals surface area contributed by atoms with Gasteiger partial charge in [0, 0.05) is 29.8 Å². The van der Waals surface area contributed by atoms with Crippen LogP contribution in [0.1, 0.15) is 10.4 Å². The fourth-order valence-corrected chi connectivity index (χ4v) is 3.01. The number of fused-ring (bicyclic) bond motifs is 1. The molecular formula is C9H12BrNS. The molecule has 1 nitrogen and oxygen atoms in total. The largest absolute Gasteiger partial charge is 0.298 e. The van der Waals surface area contributed by atoms with Crippen LogP contribution in [0.5, 0.6) is 0 Å². The van der Waals surface area contributed by atoms with Crippen LogP contribution in [0.15, 0.2) is 11.4 Å². The molecule has 1 aromatic heterocycles. The predicted octanol–water partition coefficient (Wildman–Crippen LogP) is 2.50. The van der Waals surface area contributed by atoms with Crippen LogP contribution in [-0.4, -0.2) is 23.3 Å². The topological polar surface area (TPSA) is 3.24 Å². The normalized spacial score (nSPS) is 17.8. The zero-order chi connectivity index (χ0) is 8.39. The van der Waals surface area contributed by atoms with Gasteiger partial charge in [0.05, 0.1) is 0 Å². The number of nitrogens with zero attached hydrogens (tertiary/aromatic N) is 1. The van der Waals surface area contributed by atoms with Crippen molar-refractivity contribution in [2.75, 3.05) is 18.4 Å². The minimum Gasteiger partial charge on any atom is -0.298 e. The second kappa shape index (κ2) is 3.90. The lowest BCUT2D eigenvalue weighted by Crippen LogP contribution is -2.31. The van der Waals surface area contributed by atoms with Gasteiger partial charge in [0.1, 0.15) is 0 Å². The van der Waals surface area contributed by atoms with Gasteiger partial charge in [-0.05, 0) is 23.4 Å². The van der Waals surface area contributed by atoms with Crippen LogP contribution in [0.25, 0.3) is 0 Å². The Kier molecular flexibility index (Phi) is 2.84. The quantitative estimate of drug-likeness (QED) is 0.725. The summed E-state index contributed by atoms with van der Waals surface area (Å²) in [5, 5.41) is 3.30. The predicted molar refractivity (Wildman–Crippen MR) is 57.1 cm³/mol. The zero-order valence-electron chi connectivity index (χ0n) is 6.92. The van der Waals surface area contributed by atoms with Gasteiger partial charge in [-0.25, -0.2) is 0 Å². The van der Waals surface area contributed by atoms with Crippen molar-refractivity contribution in [2.45, 2.75) is 13.0 Å². The summed E-state index contributed by atoms with van der Waals surface area (Å²) in [4.78, 5) is 4.10. The van der Waals surface area contributed by atoms with Crippen LogP contribution in [0.3, 0.4) is 0 Å². The molecule has 66 valence electrons. The number of thiophene rings is 1. The number of hydrogen-bond donors (Lipinski definition) is 0. The van der Waals surface area contributed by atoms with Gasteiger partial charge in [0.25, 0.3) is 0 Å². The van der Waals surface area contributed by atoms with Crippen molar-refractivity contribution < 1.29 is 0 Å². The SMILES string of the molecule is BrCCN1CCc2sccc2C1.